The summed E-state index contributed by atoms with van der Waals surface area (Å²) in [5.74, 6) is -0.921. The van der Waals surface area contributed by atoms with E-state index in [0.29, 0.717) is 11.1 Å². The van der Waals surface area contributed by atoms with E-state index >= 15 is 0 Å². The molecule has 0 saturated heterocycles. The SMILES string of the molecule is O=C(/C=C/c1cc(O)c(O)c(Cl)c1)c1cccnc1. The summed E-state index contributed by atoms with van der Waals surface area (Å²) in [6.45, 7) is 0. The van der Waals surface area contributed by atoms with Crippen molar-refractivity contribution < 1.29 is 15.0 Å². The van der Waals surface area contributed by atoms with Crippen LogP contribution in [0.1, 0.15) is 15.9 Å². The molecule has 0 spiro atoms. The summed E-state index contributed by atoms with van der Waals surface area (Å²) in [6, 6.07) is 6.09. The Hall–Kier alpha value is -2.33. The van der Waals surface area contributed by atoms with E-state index in [1.807, 2.05) is 0 Å². The number of hydrogen-bond acceptors (Lipinski definition) is 4. The Bertz CT molecular complexity index is 615. The Morgan fingerprint density at radius 2 is 2.11 bits per heavy atom. The van der Waals surface area contributed by atoms with Gasteiger partial charge < -0.3 is 10.2 Å². The first-order valence-corrected chi connectivity index (χ1v) is 5.79. The number of aromatic nitrogens is 1. The Morgan fingerprint density at radius 1 is 1.32 bits per heavy atom. The third kappa shape index (κ3) is 3.11. The highest BCUT2D eigenvalue weighted by atomic mass is 35.5. The molecule has 0 amide bonds. The van der Waals surface area contributed by atoms with Crippen LogP contribution in [0.3, 0.4) is 0 Å². The minimum absolute atomic E-state index is 0.0217. The molecule has 0 unspecified atom stereocenters. The van der Waals surface area contributed by atoms with Crippen LogP contribution in [0.15, 0.2) is 42.7 Å². The standard InChI is InChI=1S/C14H10ClNO3/c15-11-6-9(7-13(18)14(11)19)3-4-12(17)10-2-1-5-16-8-10/h1-8,18-19H/b4-3+. The third-order valence-corrected chi connectivity index (χ3v) is 2.73. The van der Waals surface area contributed by atoms with Gasteiger partial charge in [-0.2, -0.15) is 0 Å². The summed E-state index contributed by atoms with van der Waals surface area (Å²) in [7, 11) is 0. The second-order valence-corrected chi connectivity index (χ2v) is 4.22. The van der Waals surface area contributed by atoms with Crippen molar-refractivity contribution >= 4 is 23.5 Å². The number of phenols is 2. The van der Waals surface area contributed by atoms with Gasteiger partial charge in [0.2, 0.25) is 0 Å². The zero-order valence-electron chi connectivity index (χ0n) is 9.75. The molecule has 0 radical (unpaired) electrons. The van der Waals surface area contributed by atoms with Gasteiger partial charge in [0.15, 0.2) is 17.3 Å². The molecule has 5 heteroatoms. The molecule has 0 aliphatic heterocycles. The van der Waals surface area contributed by atoms with E-state index in [4.69, 9.17) is 11.6 Å². The lowest BCUT2D eigenvalue weighted by Gasteiger charge is -2.01. The number of halogens is 1. The molecule has 0 bridgehead atoms. The topological polar surface area (TPSA) is 70.4 Å². The normalized spacial score (nSPS) is 10.8. The van der Waals surface area contributed by atoms with Crippen molar-refractivity contribution in [3.05, 3.63) is 58.9 Å². The van der Waals surface area contributed by atoms with Crippen LogP contribution in [-0.2, 0) is 0 Å². The maximum Gasteiger partial charge on any atom is 0.187 e. The lowest BCUT2D eigenvalue weighted by molar-refractivity contribution is 0.104. The van der Waals surface area contributed by atoms with Gasteiger partial charge in [-0.15, -0.1) is 0 Å². The number of carbonyl (C=O) groups is 1. The molecule has 2 N–H and O–H groups in total. The molecule has 4 nitrogen and oxygen atoms in total. The van der Waals surface area contributed by atoms with Crippen molar-refractivity contribution in [2.75, 3.05) is 0 Å². The van der Waals surface area contributed by atoms with Crippen LogP contribution in [0.4, 0.5) is 0 Å². The second-order valence-electron chi connectivity index (χ2n) is 3.81. The molecule has 0 saturated carbocycles. The van der Waals surface area contributed by atoms with Crippen LogP contribution in [0, 0.1) is 0 Å². The van der Waals surface area contributed by atoms with Gasteiger partial charge in [-0.3, -0.25) is 9.78 Å². The number of nitrogens with zero attached hydrogens (tertiary/aromatic N) is 1. The van der Waals surface area contributed by atoms with Crippen molar-refractivity contribution in [2.45, 2.75) is 0 Å². The molecular formula is C14H10ClNO3. The molecule has 19 heavy (non-hydrogen) atoms. The maximum absolute atomic E-state index is 11.8. The summed E-state index contributed by atoms with van der Waals surface area (Å²) < 4.78 is 0. The summed E-state index contributed by atoms with van der Waals surface area (Å²) in [5.41, 5.74) is 0.977. The third-order valence-electron chi connectivity index (χ3n) is 2.44. The predicted molar refractivity (Wildman–Crippen MR) is 72.4 cm³/mol. The second kappa shape index (κ2) is 5.54. The van der Waals surface area contributed by atoms with Gasteiger partial charge in [-0.1, -0.05) is 17.7 Å². The van der Waals surface area contributed by atoms with Crippen molar-refractivity contribution in [1.82, 2.24) is 4.98 Å². The predicted octanol–water partition coefficient (Wildman–Crippen LogP) is 3.04. The highest BCUT2D eigenvalue weighted by Gasteiger charge is 2.06. The number of hydrogen-bond donors (Lipinski definition) is 2. The van der Waals surface area contributed by atoms with Crippen LogP contribution in [-0.4, -0.2) is 21.0 Å². The molecule has 1 aromatic heterocycles. The number of benzene rings is 1. The van der Waals surface area contributed by atoms with Gasteiger partial charge in [-0.05, 0) is 35.9 Å². The minimum Gasteiger partial charge on any atom is -0.504 e. The fraction of sp³-hybridized carbons (Fsp3) is 0. The lowest BCUT2D eigenvalue weighted by atomic mass is 10.1. The Balaban J connectivity index is 2.22. The van der Waals surface area contributed by atoms with Gasteiger partial charge in [0.05, 0.1) is 5.02 Å². The van der Waals surface area contributed by atoms with Gasteiger partial charge in [0.25, 0.3) is 0 Å². The maximum atomic E-state index is 11.8. The average molecular weight is 276 g/mol. The van der Waals surface area contributed by atoms with E-state index in [1.165, 1.54) is 30.5 Å². The monoisotopic (exact) mass is 275 g/mol. The van der Waals surface area contributed by atoms with Gasteiger partial charge in [0.1, 0.15) is 0 Å². The molecule has 1 heterocycles. The summed E-state index contributed by atoms with van der Waals surface area (Å²) in [6.07, 6.45) is 5.89. The van der Waals surface area contributed by atoms with Crippen LogP contribution >= 0.6 is 11.6 Å². The number of allylic oxidation sites excluding steroid dienone is 1. The summed E-state index contributed by atoms with van der Waals surface area (Å²) in [5, 5.41) is 18.7. The van der Waals surface area contributed by atoms with E-state index < -0.39 is 0 Å². The van der Waals surface area contributed by atoms with Crippen LogP contribution in [0.5, 0.6) is 11.5 Å². The smallest absolute Gasteiger partial charge is 0.187 e. The van der Waals surface area contributed by atoms with E-state index in [2.05, 4.69) is 4.98 Å². The number of carbonyl (C=O) groups excluding carboxylic acids is 1. The van der Waals surface area contributed by atoms with Crippen molar-refractivity contribution in [1.29, 1.82) is 0 Å². The fourth-order valence-corrected chi connectivity index (χ4v) is 1.70. The summed E-state index contributed by atoms with van der Waals surface area (Å²) in [4.78, 5) is 15.6. The minimum atomic E-state index is -0.377. The summed E-state index contributed by atoms with van der Waals surface area (Å²) >= 11 is 5.71. The molecule has 0 atom stereocenters. The van der Waals surface area contributed by atoms with Gasteiger partial charge >= 0.3 is 0 Å². The van der Waals surface area contributed by atoms with Crippen LogP contribution in [0.25, 0.3) is 6.08 Å². The first-order chi connectivity index (χ1) is 9.08. The lowest BCUT2D eigenvalue weighted by Crippen LogP contribution is -1.94. The van der Waals surface area contributed by atoms with Gasteiger partial charge in [-0.25, -0.2) is 0 Å². The zero-order chi connectivity index (χ0) is 13.8. The molecule has 96 valence electrons. The Labute approximate surface area is 114 Å². The molecule has 2 aromatic rings. The molecule has 0 fully saturated rings. The number of rotatable bonds is 3. The number of ketones is 1. The van der Waals surface area contributed by atoms with Crippen molar-refractivity contribution in [2.24, 2.45) is 0 Å². The Kier molecular flexibility index (Phi) is 3.82. The number of pyridine rings is 1. The van der Waals surface area contributed by atoms with Crippen LogP contribution < -0.4 is 0 Å². The van der Waals surface area contributed by atoms with Gasteiger partial charge in [0, 0.05) is 18.0 Å². The van der Waals surface area contributed by atoms with E-state index in [0.717, 1.165) is 0 Å². The van der Waals surface area contributed by atoms with E-state index in [9.17, 15) is 15.0 Å². The van der Waals surface area contributed by atoms with E-state index in [-0.39, 0.29) is 22.3 Å². The molecule has 0 aliphatic carbocycles. The molecule has 0 aliphatic rings. The largest absolute Gasteiger partial charge is 0.504 e. The van der Waals surface area contributed by atoms with Crippen LogP contribution in [0.2, 0.25) is 5.02 Å². The number of phenolic OH excluding ortho intramolecular Hbond substituents is 2. The highest BCUT2D eigenvalue weighted by molar-refractivity contribution is 6.32. The van der Waals surface area contributed by atoms with E-state index in [1.54, 1.807) is 18.3 Å². The van der Waals surface area contributed by atoms with Crippen molar-refractivity contribution in [3.8, 4) is 11.5 Å². The number of aromatic hydroxyl groups is 2. The van der Waals surface area contributed by atoms with Crippen molar-refractivity contribution in [3.63, 3.8) is 0 Å². The molecule has 2 rings (SSSR count). The molecule has 1 aromatic carbocycles. The first-order valence-electron chi connectivity index (χ1n) is 5.42. The fourth-order valence-electron chi connectivity index (χ4n) is 1.48. The molecular weight excluding hydrogens is 266 g/mol. The quantitative estimate of drug-likeness (QED) is 0.513. The zero-order valence-corrected chi connectivity index (χ0v) is 10.5. The Morgan fingerprint density at radius 3 is 2.74 bits per heavy atom. The average Bonchev–Trinajstić information content (AvgIpc) is 2.43. The first kappa shape index (κ1) is 13.1. The highest BCUT2D eigenvalue weighted by Crippen LogP contribution is 2.34.